The number of nitrogens with one attached hydrogen (secondary N) is 2. The Balaban J connectivity index is 1.81. The molecule has 0 aliphatic rings. The second kappa shape index (κ2) is 9.24. The lowest BCUT2D eigenvalue weighted by atomic mass is 10.2. The van der Waals surface area contributed by atoms with E-state index in [2.05, 4.69) is 10.6 Å². The fourth-order valence-corrected chi connectivity index (χ4v) is 3.66. The van der Waals surface area contributed by atoms with Crippen LogP contribution >= 0.6 is 0 Å². The minimum atomic E-state index is -3.34. The van der Waals surface area contributed by atoms with Crippen LogP contribution in [0.3, 0.4) is 0 Å². The van der Waals surface area contributed by atoms with Gasteiger partial charge in [0.05, 0.1) is 22.9 Å². The first kappa shape index (κ1) is 19.8. The molecule has 0 saturated carbocycles. The van der Waals surface area contributed by atoms with E-state index in [1.54, 1.807) is 42.5 Å². The topological polar surface area (TPSA) is 84.5 Å². The predicted octanol–water partition coefficient (Wildman–Crippen LogP) is 3.38. The minimum Gasteiger partial charge on any atom is -0.492 e. The highest BCUT2D eigenvalue weighted by Crippen LogP contribution is 2.23. The molecule has 2 rings (SSSR count). The number of para-hydroxylation sites is 2. The molecule has 0 bridgehead atoms. The van der Waals surface area contributed by atoms with Crippen molar-refractivity contribution in [3.63, 3.8) is 0 Å². The Morgan fingerprint density at radius 1 is 1.08 bits per heavy atom. The van der Waals surface area contributed by atoms with Gasteiger partial charge in [-0.15, -0.1) is 0 Å². The van der Waals surface area contributed by atoms with E-state index in [1.165, 1.54) is 0 Å². The Labute approximate surface area is 154 Å². The van der Waals surface area contributed by atoms with Gasteiger partial charge < -0.3 is 15.4 Å². The Hall–Kier alpha value is -2.54. The smallest absolute Gasteiger partial charge is 0.319 e. The zero-order valence-corrected chi connectivity index (χ0v) is 15.8. The van der Waals surface area contributed by atoms with Crippen molar-refractivity contribution < 1.29 is 17.9 Å². The largest absolute Gasteiger partial charge is 0.492 e. The van der Waals surface area contributed by atoms with E-state index in [0.29, 0.717) is 29.4 Å². The van der Waals surface area contributed by atoms with Crippen molar-refractivity contribution in [1.29, 1.82) is 0 Å². The van der Waals surface area contributed by atoms with Crippen LogP contribution < -0.4 is 15.4 Å². The van der Waals surface area contributed by atoms with Gasteiger partial charge in [0.15, 0.2) is 9.84 Å². The summed E-state index contributed by atoms with van der Waals surface area (Å²) in [7, 11) is -3.34. The van der Waals surface area contributed by atoms with Gasteiger partial charge in [-0.1, -0.05) is 29.8 Å². The summed E-state index contributed by atoms with van der Waals surface area (Å²) in [6.45, 7) is 4.53. The third-order valence-electron chi connectivity index (χ3n) is 3.69. The summed E-state index contributed by atoms with van der Waals surface area (Å²) in [5.41, 5.74) is 1.58. The van der Waals surface area contributed by atoms with E-state index in [1.807, 2.05) is 19.9 Å². The molecule has 0 radical (unpaired) electrons. The first-order valence-electron chi connectivity index (χ1n) is 8.48. The quantitative estimate of drug-likeness (QED) is 0.692. The molecule has 2 amide bonds. The fourth-order valence-electron chi connectivity index (χ4n) is 2.35. The van der Waals surface area contributed by atoms with Crippen LogP contribution in [-0.2, 0) is 9.84 Å². The van der Waals surface area contributed by atoms with Crippen molar-refractivity contribution in [3.8, 4) is 5.75 Å². The first-order valence-corrected chi connectivity index (χ1v) is 10.1. The molecule has 2 aromatic rings. The molecule has 0 saturated heterocycles. The zero-order valence-electron chi connectivity index (χ0n) is 15.0. The maximum Gasteiger partial charge on any atom is 0.319 e. The van der Waals surface area contributed by atoms with Crippen molar-refractivity contribution in [1.82, 2.24) is 5.32 Å². The Kier molecular flexibility index (Phi) is 7.03. The Morgan fingerprint density at radius 2 is 1.77 bits per heavy atom. The monoisotopic (exact) mass is 376 g/mol. The van der Waals surface area contributed by atoms with Gasteiger partial charge >= 0.3 is 6.03 Å². The molecule has 0 fully saturated rings. The van der Waals surface area contributed by atoms with Crippen molar-refractivity contribution >= 4 is 21.6 Å². The summed E-state index contributed by atoms with van der Waals surface area (Å²) in [6.07, 6.45) is 0.330. The Morgan fingerprint density at radius 3 is 2.46 bits per heavy atom. The minimum absolute atomic E-state index is 0.0220. The summed E-state index contributed by atoms with van der Waals surface area (Å²) >= 11 is 0. The fraction of sp³-hybridized carbons (Fsp3) is 0.316. The summed E-state index contributed by atoms with van der Waals surface area (Å²) < 4.78 is 29.9. The van der Waals surface area contributed by atoms with E-state index in [0.717, 1.165) is 5.56 Å². The van der Waals surface area contributed by atoms with Gasteiger partial charge in [0.2, 0.25) is 0 Å². The first-order chi connectivity index (χ1) is 12.4. The number of anilines is 1. The number of amides is 2. The van der Waals surface area contributed by atoms with Crippen LogP contribution in [0, 0.1) is 6.92 Å². The van der Waals surface area contributed by atoms with E-state index in [9.17, 15) is 13.2 Å². The number of rotatable bonds is 8. The molecule has 140 valence electrons. The summed E-state index contributed by atoms with van der Waals surface area (Å²) in [5, 5.41) is 5.37. The molecule has 2 N–H and O–H groups in total. The average Bonchev–Trinajstić information content (AvgIpc) is 2.61. The van der Waals surface area contributed by atoms with Crippen LogP contribution in [0.25, 0.3) is 0 Å². The van der Waals surface area contributed by atoms with Crippen LogP contribution in [0.1, 0.15) is 18.9 Å². The highest BCUT2D eigenvalue weighted by molar-refractivity contribution is 7.91. The molecule has 26 heavy (non-hydrogen) atoms. The van der Waals surface area contributed by atoms with E-state index >= 15 is 0 Å². The SMILES string of the molecule is CCOc1ccccc1NC(=O)NCCCS(=O)(=O)c1ccc(C)cc1. The molecule has 0 atom stereocenters. The molecule has 7 heteroatoms. The third kappa shape index (κ3) is 5.77. The molecule has 0 spiro atoms. The number of aryl methyl sites for hydroxylation is 1. The standard InChI is InChI=1S/C19H24N2O4S/c1-3-25-18-8-5-4-7-17(18)21-19(22)20-13-6-14-26(23,24)16-11-9-15(2)10-12-16/h4-5,7-12H,3,6,13-14H2,1-2H3,(H2,20,21,22). The van der Waals surface area contributed by atoms with E-state index in [4.69, 9.17) is 4.74 Å². The van der Waals surface area contributed by atoms with Crippen LogP contribution in [0.15, 0.2) is 53.4 Å². The third-order valence-corrected chi connectivity index (χ3v) is 5.51. The molecule has 0 aliphatic carbocycles. The van der Waals surface area contributed by atoms with E-state index in [-0.39, 0.29) is 12.3 Å². The van der Waals surface area contributed by atoms with Crippen molar-refractivity contribution in [2.24, 2.45) is 0 Å². The maximum absolute atomic E-state index is 12.3. The van der Waals surface area contributed by atoms with Gasteiger partial charge in [-0.3, -0.25) is 0 Å². The van der Waals surface area contributed by atoms with Crippen molar-refractivity contribution in [3.05, 3.63) is 54.1 Å². The second-order valence-corrected chi connectivity index (χ2v) is 7.90. The highest BCUT2D eigenvalue weighted by atomic mass is 32.2. The number of carbonyl (C=O) groups is 1. The molecule has 6 nitrogen and oxygen atoms in total. The number of hydrogen-bond acceptors (Lipinski definition) is 4. The lowest BCUT2D eigenvalue weighted by molar-refractivity contribution is 0.252. The van der Waals surface area contributed by atoms with Gasteiger partial charge in [0.1, 0.15) is 5.75 Å². The van der Waals surface area contributed by atoms with Crippen LogP contribution in [-0.4, -0.2) is 33.4 Å². The second-order valence-electron chi connectivity index (χ2n) is 5.80. The lowest BCUT2D eigenvalue weighted by Gasteiger charge is -2.12. The molecular weight excluding hydrogens is 352 g/mol. The number of urea groups is 1. The number of ether oxygens (including phenoxy) is 1. The number of carbonyl (C=O) groups excluding carboxylic acids is 1. The maximum atomic E-state index is 12.3. The van der Waals surface area contributed by atoms with E-state index < -0.39 is 15.9 Å². The number of benzene rings is 2. The predicted molar refractivity (Wildman–Crippen MR) is 102 cm³/mol. The van der Waals surface area contributed by atoms with Crippen LogP contribution in [0.4, 0.5) is 10.5 Å². The summed E-state index contributed by atoms with van der Waals surface area (Å²) in [5.74, 6) is 0.568. The van der Waals surface area contributed by atoms with Gasteiger partial charge in [-0.25, -0.2) is 13.2 Å². The average molecular weight is 376 g/mol. The zero-order chi connectivity index (χ0) is 19.0. The highest BCUT2D eigenvalue weighted by Gasteiger charge is 2.14. The molecule has 0 aromatic heterocycles. The summed E-state index contributed by atoms with van der Waals surface area (Å²) in [6, 6.07) is 13.5. The molecule has 2 aromatic carbocycles. The number of hydrogen-bond donors (Lipinski definition) is 2. The molecular formula is C19H24N2O4S. The van der Waals surface area contributed by atoms with Crippen LogP contribution in [0.2, 0.25) is 0 Å². The van der Waals surface area contributed by atoms with Crippen LogP contribution in [0.5, 0.6) is 5.75 Å². The van der Waals surface area contributed by atoms with Gasteiger partial charge in [-0.2, -0.15) is 0 Å². The van der Waals surface area contributed by atoms with Crippen molar-refractivity contribution in [2.75, 3.05) is 24.2 Å². The lowest BCUT2D eigenvalue weighted by Crippen LogP contribution is -2.30. The molecule has 0 heterocycles. The van der Waals surface area contributed by atoms with Gasteiger partial charge in [-0.05, 0) is 44.5 Å². The van der Waals surface area contributed by atoms with Gasteiger partial charge in [0.25, 0.3) is 0 Å². The Bertz CT molecular complexity index is 833. The summed E-state index contributed by atoms with van der Waals surface area (Å²) in [4.78, 5) is 12.3. The molecule has 0 aliphatic heterocycles. The van der Waals surface area contributed by atoms with Crippen molar-refractivity contribution in [2.45, 2.75) is 25.2 Å². The van der Waals surface area contributed by atoms with Gasteiger partial charge in [0, 0.05) is 6.54 Å². The number of sulfone groups is 1. The normalized spacial score (nSPS) is 11.0. The molecule has 0 unspecified atom stereocenters.